The summed E-state index contributed by atoms with van der Waals surface area (Å²) in [6.45, 7) is 0. The highest BCUT2D eigenvalue weighted by Gasteiger charge is 2.25. The number of benzene rings is 11. The second-order valence-corrected chi connectivity index (χ2v) is 20.1. The van der Waals surface area contributed by atoms with Crippen molar-refractivity contribution in [2.45, 2.75) is 0 Å². The Morgan fingerprint density at radius 3 is 1.19 bits per heavy atom. The molecule has 0 aliphatic carbocycles. The summed E-state index contributed by atoms with van der Waals surface area (Å²) in [6, 6.07) is 93.1. The summed E-state index contributed by atoms with van der Waals surface area (Å²) in [5, 5.41) is 7.30. The van der Waals surface area contributed by atoms with E-state index < -0.39 is 0 Å². The lowest BCUT2D eigenvalue weighted by atomic mass is 9.99. The lowest BCUT2D eigenvalue weighted by molar-refractivity contribution is 1.07. The van der Waals surface area contributed by atoms with Crippen LogP contribution in [0.1, 0.15) is 0 Å². The molecule has 6 heteroatoms. The molecule has 0 N–H and O–H groups in total. The highest BCUT2D eigenvalue weighted by Crippen LogP contribution is 2.48. The Morgan fingerprint density at radius 1 is 0.240 bits per heavy atom. The Labute approximate surface area is 436 Å². The van der Waals surface area contributed by atoms with Gasteiger partial charge in [-0.15, -0.1) is 11.3 Å². The fourth-order valence-electron chi connectivity index (χ4n) is 11.4. The van der Waals surface area contributed by atoms with Gasteiger partial charge in [0.1, 0.15) is 0 Å². The highest BCUT2D eigenvalue weighted by molar-refractivity contribution is 7.27. The van der Waals surface area contributed by atoms with Crippen LogP contribution in [0.4, 0.5) is 0 Å². The van der Waals surface area contributed by atoms with Gasteiger partial charge in [-0.05, 0) is 58.1 Å². The van der Waals surface area contributed by atoms with Gasteiger partial charge in [-0.2, -0.15) is 0 Å². The minimum atomic E-state index is 0.596. The van der Waals surface area contributed by atoms with Gasteiger partial charge in [-0.25, -0.2) is 15.0 Å². The molecule has 350 valence electrons. The van der Waals surface area contributed by atoms with Crippen molar-refractivity contribution in [3.8, 4) is 78.9 Å². The van der Waals surface area contributed by atoms with Crippen LogP contribution in [0.5, 0.6) is 0 Å². The molecule has 4 aromatic heterocycles. The number of aromatic nitrogens is 5. The molecule has 0 radical (unpaired) electrons. The van der Waals surface area contributed by atoms with E-state index in [1.165, 1.54) is 63.9 Å². The summed E-state index contributed by atoms with van der Waals surface area (Å²) in [5.41, 5.74) is 16.4. The van der Waals surface area contributed by atoms with Crippen molar-refractivity contribution in [3.05, 3.63) is 261 Å². The van der Waals surface area contributed by atoms with Gasteiger partial charge in [0.05, 0.1) is 42.8 Å². The molecule has 75 heavy (non-hydrogen) atoms. The first kappa shape index (κ1) is 42.9. The number of thiophene rings is 1. The van der Waals surface area contributed by atoms with Gasteiger partial charge < -0.3 is 9.13 Å². The predicted molar refractivity (Wildman–Crippen MR) is 314 cm³/mol. The topological polar surface area (TPSA) is 48.5 Å². The van der Waals surface area contributed by atoms with Crippen LogP contribution in [0.25, 0.3) is 143 Å². The zero-order valence-electron chi connectivity index (χ0n) is 40.5. The summed E-state index contributed by atoms with van der Waals surface area (Å²) >= 11 is 1.89. The minimum absolute atomic E-state index is 0.596. The summed E-state index contributed by atoms with van der Waals surface area (Å²) in [5.74, 6) is 1.81. The van der Waals surface area contributed by atoms with Crippen LogP contribution < -0.4 is 0 Å². The van der Waals surface area contributed by atoms with E-state index in [0.717, 1.165) is 61.4 Å². The molecule has 0 aliphatic heterocycles. The van der Waals surface area contributed by atoms with Crippen LogP contribution in [-0.4, -0.2) is 24.1 Å². The average Bonchev–Trinajstić information content (AvgIpc) is 4.26. The molecule has 0 saturated heterocycles. The molecule has 4 heterocycles. The molecule has 0 bridgehead atoms. The van der Waals surface area contributed by atoms with Gasteiger partial charge in [-0.3, -0.25) is 0 Å². The van der Waals surface area contributed by atoms with Gasteiger partial charge in [0.2, 0.25) is 0 Å². The average molecular weight is 974 g/mol. The van der Waals surface area contributed by atoms with Crippen LogP contribution in [0, 0.1) is 0 Å². The SMILES string of the molecule is c1ccc(-c2ccc(-c3nc(-c4ccccc4-c4ccccc4)nc(-c4ccccc4-n4c5ccccc5c5ccc6c7ccc8c9ccccc9n(-c9ccccc9-c9ccccc9)c8c7sc6c54)n3)cc2)cc1. The van der Waals surface area contributed by atoms with Gasteiger partial charge in [0.15, 0.2) is 17.5 Å². The molecular weight excluding hydrogens is 931 g/mol. The fourth-order valence-corrected chi connectivity index (χ4v) is 12.8. The monoisotopic (exact) mass is 973 g/mol. The van der Waals surface area contributed by atoms with E-state index in [0.29, 0.717) is 17.5 Å². The van der Waals surface area contributed by atoms with Crippen molar-refractivity contribution in [3.63, 3.8) is 0 Å². The number of hydrogen-bond acceptors (Lipinski definition) is 4. The second-order valence-electron chi connectivity index (χ2n) is 19.0. The Morgan fingerprint density at radius 2 is 0.613 bits per heavy atom. The zero-order chi connectivity index (χ0) is 49.4. The molecule has 5 nitrogen and oxygen atoms in total. The fraction of sp³-hybridized carbons (Fsp3) is 0. The maximum atomic E-state index is 5.47. The van der Waals surface area contributed by atoms with Crippen molar-refractivity contribution in [2.24, 2.45) is 0 Å². The minimum Gasteiger partial charge on any atom is -0.307 e. The largest absolute Gasteiger partial charge is 0.307 e. The van der Waals surface area contributed by atoms with Gasteiger partial charge in [0, 0.05) is 54.6 Å². The molecule has 0 unspecified atom stereocenters. The number of rotatable bonds is 8. The summed E-state index contributed by atoms with van der Waals surface area (Å²) in [4.78, 5) is 16.2. The van der Waals surface area contributed by atoms with E-state index in [1.54, 1.807) is 0 Å². The molecule has 0 fully saturated rings. The van der Waals surface area contributed by atoms with Crippen molar-refractivity contribution < 1.29 is 0 Å². The Balaban J connectivity index is 0.988. The van der Waals surface area contributed by atoms with E-state index >= 15 is 0 Å². The standard InChI is InChI=1S/C69H43N5S/c1-4-20-44(21-5-1)45-36-38-48(39-37-45)67-70-68(57-30-11-10-26-49(57)46-22-6-2-7-23-46)72-69(71-67)58-31-15-19-35-62(58)74-61-34-18-14-29-52(61)54-41-43-56-55-42-40-53-51-28-13-17-33-60(51)73(63(53)65(55)75-66(56)64(54)74)59-32-16-12-27-50(59)47-24-8-3-9-25-47/h1-43H. The van der Waals surface area contributed by atoms with Crippen LogP contribution in [0.3, 0.4) is 0 Å². The van der Waals surface area contributed by atoms with Crippen LogP contribution >= 0.6 is 11.3 Å². The first-order valence-electron chi connectivity index (χ1n) is 25.4. The van der Waals surface area contributed by atoms with Gasteiger partial charge in [-0.1, -0.05) is 231 Å². The molecule has 11 aromatic carbocycles. The second kappa shape index (κ2) is 17.5. The maximum absolute atomic E-state index is 5.47. The summed E-state index contributed by atoms with van der Waals surface area (Å²) in [6.07, 6.45) is 0. The van der Waals surface area contributed by atoms with Gasteiger partial charge in [0.25, 0.3) is 0 Å². The predicted octanol–water partition coefficient (Wildman–Crippen LogP) is 18.4. The molecule has 15 aromatic rings. The Hall–Kier alpha value is -9.75. The number of para-hydroxylation sites is 4. The smallest absolute Gasteiger partial charge is 0.166 e. The van der Waals surface area contributed by atoms with Gasteiger partial charge >= 0.3 is 0 Å². The molecule has 0 amide bonds. The number of fused-ring (bicyclic) bond motifs is 11. The third-order valence-corrected chi connectivity index (χ3v) is 16.1. The molecule has 15 rings (SSSR count). The van der Waals surface area contributed by atoms with E-state index in [9.17, 15) is 0 Å². The quantitative estimate of drug-likeness (QED) is 0.152. The third-order valence-electron chi connectivity index (χ3n) is 14.8. The maximum Gasteiger partial charge on any atom is 0.166 e. The van der Waals surface area contributed by atoms with Crippen molar-refractivity contribution >= 4 is 75.1 Å². The lowest BCUT2D eigenvalue weighted by Gasteiger charge is -2.16. The Bertz CT molecular complexity index is 4690. The van der Waals surface area contributed by atoms with E-state index in [1.807, 2.05) is 17.4 Å². The summed E-state index contributed by atoms with van der Waals surface area (Å²) in [7, 11) is 0. The summed E-state index contributed by atoms with van der Waals surface area (Å²) < 4.78 is 7.45. The molecule has 0 spiro atoms. The van der Waals surface area contributed by atoms with E-state index in [4.69, 9.17) is 15.0 Å². The molecule has 0 atom stereocenters. The van der Waals surface area contributed by atoms with Crippen LogP contribution in [-0.2, 0) is 0 Å². The molecule has 0 aliphatic rings. The van der Waals surface area contributed by atoms with Crippen molar-refractivity contribution in [1.29, 1.82) is 0 Å². The number of hydrogen-bond donors (Lipinski definition) is 0. The van der Waals surface area contributed by atoms with E-state index in [-0.39, 0.29) is 0 Å². The molecule has 0 saturated carbocycles. The van der Waals surface area contributed by atoms with Crippen molar-refractivity contribution in [2.75, 3.05) is 0 Å². The van der Waals surface area contributed by atoms with Crippen molar-refractivity contribution in [1.82, 2.24) is 24.1 Å². The van der Waals surface area contributed by atoms with Crippen LogP contribution in [0.2, 0.25) is 0 Å². The first-order valence-corrected chi connectivity index (χ1v) is 26.2. The Kier molecular flexibility index (Phi) is 10.00. The zero-order valence-corrected chi connectivity index (χ0v) is 41.3. The normalized spacial score (nSPS) is 11.7. The van der Waals surface area contributed by atoms with Crippen LogP contribution in [0.15, 0.2) is 261 Å². The molecular formula is C69H43N5S. The van der Waals surface area contributed by atoms with E-state index in [2.05, 4.69) is 264 Å². The highest BCUT2D eigenvalue weighted by atomic mass is 32.1. The number of nitrogens with zero attached hydrogens (tertiary/aromatic N) is 5. The first-order chi connectivity index (χ1) is 37.2. The third kappa shape index (κ3) is 6.95. The lowest BCUT2D eigenvalue weighted by Crippen LogP contribution is -2.04.